The van der Waals surface area contributed by atoms with Gasteiger partial charge in [-0.2, -0.15) is 0 Å². The fourth-order valence-electron chi connectivity index (χ4n) is 3.44. The zero-order chi connectivity index (χ0) is 22.3. The Balaban J connectivity index is 1.56. The van der Waals surface area contributed by atoms with E-state index in [2.05, 4.69) is 41.0 Å². The average Bonchev–Trinajstić information content (AvgIpc) is 3.20. The number of hydrogen-bond donors (Lipinski definition) is 0. The quantitative estimate of drug-likeness (QED) is 0.133. The van der Waals surface area contributed by atoms with Crippen LogP contribution in [-0.2, 0) is 11.3 Å². The maximum absolute atomic E-state index is 5.79. The minimum atomic E-state index is 0.633. The van der Waals surface area contributed by atoms with Gasteiger partial charge in [-0.3, -0.25) is 0 Å². The van der Waals surface area contributed by atoms with Crippen LogP contribution in [-0.4, -0.2) is 31.5 Å². The van der Waals surface area contributed by atoms with E-state index in [1.807, 2.05) is 24.5 Å². The molecule has 0 spiro atoms. The van der Waals surface area contributed by atoms with Gasteiger partial charge in [-0.25, -0.2) is 4.98 Å². The van der Waals surface area contributed by atoms with Crippen LogP contribution in [0.4, 0.5) is 0 Å². The Morgan fingerprint density at radius 2 is 1.71 bits per heavy atom. The lowest BCUT2D eigenvalue weighted by molar-refractivity contribution is 0.215. The Bertz CT molecular complexity index is 807. The molecule has 0 fully saturated rings. The molecular formula is C25H36N2O3S. The summed E-state index contributed by atoms with van der Waals surface area (Å²) in [5, 5.41) is 6.31. The summed E-state index contributed by atoms with van der Waals surface area (Å²) in [6.45, 7) is 7.75. The van der Waals surface area contributed by atoms with Gasteiger partial charge in [-0.05, 0) is 68.9 Å². The second-order valence-corrected chi connectivity index (χ2v) is 8.41. The molecule has 0 saturated carbocycles. The monoisotopic (exact) mass is 444 g/mol. The van der Waals surface area contributed by atoms with Gasteiger partial charge in [-0.15, -0.1) is 0 Å². The van der Waals surface area contributed by atoms with Crippen molar-refractivity contribution in [1.29, 1.82) is 0 Å². The van der Waals surface area contributed by atoms with Gasteiger partial charge < -0.3 is 14.3 Å². The van der Waals surface area contributed by atoms with E-state index in [0.29, 0.717) is 11.8 Å². The normalized spacial score (nSPS) is 11.5. The van der Waals surface area contributed by atoms with E-state index in [4.69, 9.17) is 9.47 Å². The Morgan fingerprint density at radius 1 is 1.00 bits per heavy atom. The number of thiazole rings is 1. The lowest BCUT2D eigenvalue weighted by atomic mass is 9.96. The molecule has 0 aliphatic carbocycles. The molecule has 0 unspecified atom stereocenters. The van der Waals surface area contributed by atoms with Gasteiger partial charge in [-0.1, -0.05) is 54.3 Å². The highest BCUT2D eigenvalue weighted by Gasteiger charge is 2.06. The van der Waals surface area contributed by atoms with Gasteiger partial charge in [0.2, 0.25) is 0 Å². The Morgan fingerprint density at radius 3 is 2.42 bits per heavy atom. The molecule has 0 atom stereocenters. The average molecular weight is 445 g/mol. The molecule has 0 aliphatic heterocycles. The highest BCUT2D eigenvalue weighted by Crippen LogP contribution is 2.24. The highest BCUT2D eigenvalue weighted by atomic mass is 32.1. The van der Waals surface area contributed by atoms with Crippen molar-refractivity contribution < 1.29 is 14.3 Å². The van der Waals surface area contributed by atoms with Gasteiger partial charge in [0.25, 0.3) is 5.19 Å². The van der Waals surface area contributed by atoms with E-state index in [1.54, 1.807) is 6.21 Å². The zero-order valence-electron chi connectivity index (χ0n) is 19.4. The number of benzene rings is 1. The van der Waals surface area contributed by atoms with Crippen molar-refractivity contribution in [2.45, 2.75) is 65.7 Å². The maximum Gasteiger partial charge on any atom is 0.273 e. The van der Waals surface area contributed by atoms with Crippen LogP contribution in [0.2, 0.25) is 0 Å². The molecular weight excluding hydrogens is 408 g/mol. The number of hydrogen-bond acceptors (Lipinski definition) is 6. The van der Waals surface area contributed by atoms with E-state index in [-0.39, 0.29) is 0 Å². The number of aryl methyl sites for hydroxylation is 2. The second-order valence-electron chi connectivity index (χ2n) is 7.59. The molecule has 1 heterocycles. The van der Waals surface area contributed by atoms with Gasteiger partial charge in [0, 0.05) is 5.38 Å². The van der Waals surface area contributed by atoms with E-state index in [1.165, 1.54) is 67.2 Å². The van der Waals surface area contributed by atoms with Gasteiger partial charge in [0.05, 0.1) is 18.5 Å². The number of nitrogens with zero attached hydrogens (tertiary/aromatic N) is 2. The summed E-state index contributed by atoms with van der Waals surface area (Å²) in [7, 11) is 1.52. The molecule has 0 amide bonds. The first kappa shape index (κ1) is 24.9. The van der Waals surface area contributed by atoms with E-state index in [9.17, 15) is 0 Å². The summed E-state index contributed by atoms with van der Waals surface area (Å²) in [5.74, 6) is 0.969. The molecule has 5 nitrogen and oxygen atoms in total. The van der Waals surface area contributed by atoms with Crippen LogP contribution in [0, 0.1) is 13.8 Å². The van der Waals surface area contributed by atoms with Crippen LogP contribution in [0.1, 0.15) is 67.8 Å². The maximum atomic E-state index is 5.79. The highest BCUT2D eigenvalue weighted by molar-refractivity contribution is 7.11. The summed E-state index contributed by atoms with van der Waals surface area (Å²) in [6, 6.07) is 4.34. The minimum absolute atomic E-state index is 0.633. The van der Waals surface area contributed by atoms with Crippen molar-refractivity contribution in [3.05, 3.63) is 52.0 Å². The molecule has 0 radical (unpaired) electrons. The van der Waals surface area contributed by atoms with Crippen LogP contribution in [0.25, 0.3) is 0 Å². The van der Waals surface area contributed by atoms with Gasteiger partial charge >= 0.3 is 0 Å². The van der Waals surface area contributed by atoms with Crippen LogP contribution < -0.4 is 9.47 Å². The van der Waals surface area contributed by atoms with Crippen molar-refractivity contribution in [1.82, 2.24) is 4.98 Å². The third-order valence-electron chi connectivity index (χ3n) is 5.09. The standard InChI is InChI=1S/C25H36N2O3S/c1-5-6-14-29-23-16-20(2)24(21(3)17-23)13-11-9-7-8-10-12-15-30-25-27-22(19-31-25)18-26-28-4/h5-6,16-19H,7-15H2,1-4H3/b6-5+,26-18?. The largest absolute Gasteiger partial charge is 0.490 e. The number of allylic oxidation sites excluding steroid dienone is 1. The van der Waals surface area contributed by atoms with Crippen molar-refractivity contribution in [3.63, 3.8) is 0 Å². The Hall–Kier alpha value is -2.34. The predicted molar refractivity (Wildman–Crippen MR) is 130 cm³/mol. The van der Waals surface area contributed by atoms with Gasteiger partial charge in [0.1, 0.15) is 19.5 Å². The van der Waals surface area contributed by atoms with Crippen LogP contribution in [0.3, 0.4) is 0 Å². The first-order chi connectivity index (χ1) is 15.1. The number of unbranched alkanes of at least 4 members (excludes halogenated alkanes) is 5. The first-order valence-electron chi connectivity index (χ1n) is 11.1. The predicted octanol–water partition coefficient (Wildman–Crippen LogP) is 6.66. The van der Waals surface area contributed by atoms with E-state index >= 15 is 0 Å². The molecule has 0 aliphatic rings. The number of oxime groups is 1. The molecule has 0 saturated heterocycles. The van der Waals surface area contributed by atoms with Crippen molar-refractivity contribution in [3.8, 4) is 10.9 Å². The number of aromatic nitrogens is 1. The molecule has 2 rings (SSSR count). The van der Waals surface area contributed by atoms with Gasteiger partial charge in [0.15, 0.2) is 0 Å². The fourth-order valence-corrected chi connectivity index (χ4v) is 4.09. The van der Waals surface area contributed by atoms with Crippen LogP contribution in [0.15, 0.2) is 34.8 Å². The summed E-state index contributed by atoms with van der Waals surface area (Å²) >= 11 is 1.49. The molecule has 170 valence electrons. The lowest BCUT2D eigenvalue weighted by Crippen LogP contribution is -1.99. The summed E-state index contributed by atoms with van der Waals surface area (Å²) in [4.78, 5) is 8.98. The number of ether oxygens (including phenoxy) is 2. The zero-order valence-corrected chi connectivity index (χ0v) is 20.2. The molecule has 0 N–H and O–H groups in total. The van der Waals surface area contributed by atoms with E-state index < -0.39 is 0 Å². The summed E-state index contributed by atoms with van der Waals surface area (Å²) in [5.41, 5.74) is 4.92. The minimum Gasteiger partial charge on any atom is -0.490 e. The topological polar surface area (TPSA) is 52.9 Å². The van der Waals surface area contributed by atoms with Crippen molar-refractivity contribution in [2.24, 2.45) is 5.16 Å². The molecule has 1 aromatic carbocycles. The fraction of sp³-hybridized carbons (Fsp3) is 0.520. The molecule has 0 bridgehead atoms. The molecule has 2 aromatic rings. The number of rotatable bonds is 15. The summed E-state index contributed by atoms with van der Waals surface area (Å²) < 4.78 is 11.5. The SMILES string of the molecule is C/C=C/COc1cc(C)c(CCCCCCCCOc2nc(C=NOC)cs2)c(C)c1. The first-order valence-corrected chi connectivity index (χ1v) is 12.0. The molecule has 31 heavy (non-hydrogen) atoms. The summed E-state index contributed by atoms with van der Waals surface area (Å²) in [6.07, 6.45) is 14.1. The van der Waals surface area contributed by atoms with Crippen molar-refractivity contribution >= 4 is 17.6 Å². The third-order valence-corrected chi connectivity index (χ3v) is 5.86. The van der Waals surface area contributed by atoms with E-state index in [0.717, 1.165) is 30.9 Å². The van der Waals surface area contributed by atoms with Crippen molar-refractivity contribution in [2.75, 3.05) is 20.3 Å². The lowest BCUT2D eigenvalue weighted by Gasteiger charge is -2.13. The molecule has 6 heteroatoms. The third kappa shape index (κ3) is 9.55. The Labute approximate surface area is 191 Å². The second kappa shape index (κ2) is 14.6. The molecule has 1 aromatic heterocycles. The smallest absolute Gasteiger partial charge is 0.273 e. The van der Waals surface area contributed by atoms with Crippen LogP contribution >= 0.6 is 11.3 Å². The Kier molecular flexibility index (Phi) is 11.8. The van der Waals surface area contributed by atoms with Crippen LogP contribution in [0.5, 0.6) is 10.9 Å².